The van der Waals surface area contributed by atoms with Gasteiger partial charge in [0, 0.05) is 19.2 Å². The second-order valence-electron chi connectivity index (χ2n) is 3.90. The predicted octanol–water partition coefficient (Wildman–Crippen LogP) is 2.70. The van der Waals surface area contributed by atoms with Crippen molar-refractivity contribution in [1.29, 1.82) is 0 Å². The van der Waals surface area contributed by atoms with E-state index in [1.807, 2.05) is 13.8 Å². The molecule has 1 aromatic rings. The second kappa shape index (κ2) is 5.88. The molecule has 0 aliphatic carbocycles. The highest BCUT2D eigenvalue weighted by atomic mass is 19.4. The Hall–Kier alpha value is -1.53. The van der Waals surface area contributed by atoms with Crippen LogP contribution in [0.15, 0.2) is 6.07 Å². The van der Waals surface area contributed by atoms with E-state index in [4.69, 9.17) is 5.73 Å². The van der Waals surface area contributed by atoms with Crippen LogP contribution in [-0.4, -0.2) is 23.1 Å². The molecule has 1 rings (SSSR count). The van der Waals surface area contributed by atoms with Crippen molar-refractivity contribution in [3.05, 3.63) is 11.8 Å². The molecule has 4 nitrogen and oxygen atoms in total. The third kappa shape index (κ3) is 3.75. The fourth-order valence-electron chi connectivity index (χ4n) is 1.54. The first-order chi connectivity index (χ1) is 8.38. The number of rotatable bonds is 5. The van der Waals surface area contributed by atoms with Crippen molar-refractivity contribution in [2.75, 3.05) is 23.7 Å². The zero-order chi connectivity index (χ0) is 13.8. The van der Waals surface area contributed by atoms with Crippen LogP contribution in [0.1, 0.15) is 32.4 Å². The Morgan fingerprint density at radius 1 is 1.28 bits per heavy atom. The van der Waals surface area contributed by atoms with Gasteiger partial charge < -0.3 is 10.6 Å². The second-order valence-corrected chi connectivity index (χ2v) is 3.90. The summed E-state index contributed by atoms with van der Waals surface area (Å²) in [5.41, 5.74) is 4.33. The fourth-order valence-corrected chi connectivity index (χ4v) is 1.54. The van der Waals surface area contributed by atoms with E-state index in [0.717, 1.165) is 18.9 Å². The van der Waals surface area contributed by atoms with Gasteiger partial charge in [0.15, 0.2) is 5.69 Å². The fraction of sp³-hybridized carbons (Fsp3) is 0.636. The highest BCUT2D eigenvalue weighted by Crippen LogP contribution is 2.30. The predicted molar refractivity (Wildman–Crippen MR) is 64.2 cm³/mol. The molecule has 0 aliphatic rings. The first-order valence-corrected chi connectivity index (χ1v) is 5.85. The molecule has 2 N–H and O–H groups in total. The minimum absolute atomic E-state index is 0.228. The summed E-state index contributed by atoms with van der Waals surface area (Å²) in [6.07, 6.45) is -2.65. The molecule has 0 saturated heterocycles. The van der Waals surface area contributed by atoms with Crippen molar-refractivity contribution >= 4 is 11.8 Å². The zero-order valence-electron chi connectivity index (χ0n) is 10.5. The number of alkyl halides is 3. The highest BCUT2D eigenvalue weighted by Gasteiger charge is 2.33. The zero-order valence-corrected chi connectivity index (χ0v) is 10.5. The van der Waals surface area contributed by atoms with Crippen molar-refractivity contribution in [3.8, 4) is 0 Å². The lowest BCUT2D eigenvalue weighted by Gasteiger charge is -2.22. The van der Waals surface area contributed by atoms with Gasteiger partial charge >= 0.3 is 6.18 Å². The lowest BCUT2D eigenvalue weighted by atomic mass is 10.3. The number of aromatic nitrogens is 2. The quantitative estimate of drug-likeness (QED) is 0.886. The Labute approximate surface area is 104 Å². The Morgan fingerprint density at radius 2 is 1.94 bits per heavy atom. The minimum Gasteiger partial charge on any atom is -0.368 e. The molecule has 0 fully saturated rings. The van der Waals surface area contributed by atoms with E-state index < -0.39 is 11.9 Å². The van der Waals surface area contributed by atoms with Crippen LogP contribution in [0.5, 0.6) is 0 Å². The molecule has 1 aromatic heterocycles. The van der Waals surface area contributed by atoms with Gasteiger partial charge in [-0.3, -0.25) is 0 Å². The molecular formula is C11H17F3N4. The van der Waals surface area contributed by atoms with Crippen molar-refractivity contribution in [1.82, 2.24) is 9.97 Å². The van der Waals surface area contributed by atoms with Gasteiger partial charge in [0.2, 0.25) is 5.95 Å². The Bertz CT molecular complexity index is 392. The molecule has 18 heavy (non-hydrogen) atoms. The molecule has 0 spiro atoms. The third-order valence-electron chi connectivity index (χ3n) is 2.51. The SMILES string of the molecule is CCCCN(CC)c1cc(C(F)(F)F)nc(N)n1. The summed E-state index contributed by atoms with van der Waals surface area (Å²) in [5.74, 6) is -0.124. The summed E-state index contributed by atoms with van der Waals surface area (Å²) in [4.78, 5) is 8.84. The van der Waals surface area contributed by atoms with Crippen LogP contribution in [0.2, 0.25) is 0 Å². The summed E-state index contributed by atoms with van der Waals surface area (Å²) in [6.45, 7) is 5.11. The van der Waals surface area contributed by atoms with E-state index in [-0.39, 0.29) is 11.8 Å². The van der Waals surface area contributed by atoms with Gasteiger partial charge in [-0.1, -0.05) is 13.3 Å². The van der Waals surface area contributed by atoms with Gasteiger partial charge in [-0.25, -0.2) is 4.98 Å². The molecule has 0 bridgehead atoms. The van der Waals surface area contributed by atoms with Crippen LogP contribution >= 0.6 is 0 Å². The van der Waals surface area contributed by atoms with E-state index in [2.05, 4.69) is 9.97 Å². The van der Waals surface area contributed by atoms with Crippen molar-refractivity contribution in [2.45, 2.75) is 32.9 Å². The van der Waals surface area contributed by atoms with Crippen LogP contribution in [0.25, 0.3) is 0 Å². The molecule has 102 valence electrons. The Balaban J connectivity index is 3.04. The topological polar surface area (TPSA) is 55.0 Å². The van der Waals surface area contributed by atoms with Gasteiger partial charge in [-0.2, -0.15) is 18.2 Å². The van der Waals surface area contributed by atoms with Crippen molar-refractivity contribution < 1.29 is 13.2 Å². The van der Waals surface area contributed by atoms with Crippen LogP contribution in [0, 0.1) is 0 Å². The third-order valence-corrected chi connectivity index (χ3v) is 2.51. The van der Waals surface area contributed by atoms with Crippen molar-refractivity contribution in [2.24, 2.45) is 0 Å². The maximum atomic E-state index is 12.6. The van der Waals surface area contributed by atoms with E-state index >= 15 is 0 Å². The first kappa shape index (κ1) is 14.5. The van der Waals surface area contributed by atoms with Crippen molar-refractivity contribution in [3.63, 3.8) is 0 Å². The number of hydrogen-bond donors (Lipinski definition) is 1. The summed E-state index contributed by atoms with van der Waals surface area (Å²) in [6, 6.07) is 0.940. The molecule has 1 heterocycles. The average Bonchev–Trinajstić information content (AvgIpc) is 2.28. The number of nitrogens with zero attached hydrogens (tertiary/aromatic N) is 3. The maximum absolute atomic E-state index is 12.6. The molecule has 0 aliphatic heterocycles. The van der Waals surface area contributed by atoms with Gasteiger partial charge in [-0.05, 0) is 13.3 Å². The van der Waals surface area contributed by atoms with E-state index in [1.165, 1.54) is 0 Å². The number of hydrogen-bond acceptors (Lipinski definition) is 4. The van der Waals surface area contributed by atoms with Gasteiger partial charge in [0.25, 0.3) is 0 Å². The Morgan fingerprint density at radius 3 is 2.44 bits per heavy atom. The number of unbranched alkanes of at least 4 members (excludes halogenated alkanes) is 1. The number of halogens is 3. The van der Waals surface area contributed by atoms with E-state index in [9.17, 15) is 13.2 Å². The van der Waals surface area contributed by atoms with Crippen LogP contribution in [0.4, 0.5) is 24.9 Å². The van der Waals surface area contributed by atoms with Gasteiger partial charge in [0.1, 0.15) is 5.82 Å². The standard InChI is InChI=1S/C11H17F3N4/c1-3-5-6-18(4-2)9-7-8(11(12,13)14)16-10(15)17-9/h7H,3-6H2,1-2H3,(H2,15,16,17). The van der Waals surface area contributed by atoms with Crippen LogP contribution in [0.3, 0.4) is 0 Å². The summed E-state index contributed by atoms with van der Waals surface area (Å²) < 4.78 is 37.8. The average molecular weight is 262 g/mol. The van der Waals surface area contributed by atoms with E-state index in [1.54, 1.807) is 4.90 Å². The van der Waals surface area contributed by atoms with Crippen LogP contribution in [-0.2, 0) is 6.18 Å². The lowest BCUT2D eigenvalue weighted by molar-refractivity contribution is -0.141. The first-order valence-electron chi connectivity index (χ1n) is 5.85. The molecular weight excluding hydrogens is 245 g/mol. The number of nitrogens with two attached hydrogens (primary N) is 1. The molecule has 0 amide bonds. The maximum Gasteiger partial charge on any atom is 0.433 e. The van der Waals surface area contributed by atoms with Gasteiger partial charge in [0.05, 0.1) is 0 Å². The van der Waals surface area contributed by atoms with Gasteiger partial charge in [-0.15, -0.1) is 0 Å². The largest absolute Gasteiger partial charge is 0.433 e. The summed E-state index contributed by atoms with van der Waals surface area (Å²) in [5, 5.41) is 0. The smallest absolute Gasteiger partial charge is 0.368 e. The minimum atomic E-state index is -4.50. The molecule has 0 aromatic carbocycles. The molecule has 0 unspecified atom stereocenters. The summed E-state index contributed by atoms with van der Waals surface area (Å²) in [7, 11) is 0. The number of anilines is 2. The molecule has 0 saturated carbocycles. The monoisotopic (exact) mass is 262 g/mol. The summed E-state index contributed by atoms with van der Waals surface area (Å²) >= 11 is 0. The highest BCUT2D eigenvalue weighted by molar-refractivity contribution is 5.44. The normalized spacial score (nSPS) is 11.6. The lowest BCUT2D eigenvalue weighted by Crippen LogP contribution is -2.26. The number of nitrogen functional groups attached to an aromatic ring is 1. The molecule has 0 radical (unpaired) electrons. The van der Waals surface area contributed by atoms with E-state index in [0.29, 0.717) is 13.1 Å². The molecule has 0 atom stereocenters. The molecule has 7 heteroatoms. The Kier molecular flexibility index (Phi) is 4.75. The van der Waals surface area contributed by atoms with Crippen LogP contribution < -0.4 is 10.6 Å².